The maximum absolute atomic E-state index is 11.8. The number of halogens is 1. The Kier molecular flexibility index (Phi) is 4.18. The van der Waals surface area contributed by atoms with Gasteiger partial charge in [0.25, 0.3) is 5.91 Å². The molecule has 1 aliphatic heterocycles. The molecular weight excluding hydrogens is 256 g/mol. The molecule has 1 aliphatic rings. The van der Waals surface area contributed by atoms with Crippen LogP contribution in [-0.4, -0.2) is 24.0 Å². The van der Waals surface area contributed by atoms with Gasteiger partial charge in [-0.2, -0.15) is 11.8 Å². The summed E-state index contributed by atoms with van der Waals surface area (Å²) in [7, 11) is 0. The molecule has 1 atom stereocenters. The summed E-state index contributed by atoms with van der Waals surface area (Å²) in [6.07, 6.45) is 1.19. The van der Waals surface area contributed by atoms with Gasteiger partial charge in [-0.3, -0.25) is 4.79 Å². The van der Waals surface area contributed by atoms with E-state index in [9.17, 15) is 4.79 Å². The van der Waals surface area contributed by atoms with Gasteiger partial charge >= 0.3 is 0 Å². The maximum Gasteiger partial charge on any atom is 0.251 e. The normalized spacial score (nSPS) is 19.2. The fraction of sp³-hybridized carbons (Fsp3) is 0.417. The molecule has 1 aromatic carbocycles. The number of amides is 1. The third-order valence-electron chi connectivity index (χ3n) is 2.84. The first-order valence-electron chi connectivity index (χ1n) is 5.58. The van der Waals surface area contributed by atoms with Crippen molar-refractivity contribution in [3.05, 3.63) is 28.8 Å². The smallest absolute Gasteiger partial charge is 0.251 e. The average Bonchev–Trinajstić information content (AvgIpc) is 2.82. The van der Waals surface area contributed by atoms with Gasteiger partial charge in [0.15, 0.2) is 0 Å². The van der Waals surface area contributed by atoms with Crippen LogP contribution in [0.15, 0.2) is 18.2 Å². The van der Waals surface area contributed by atoms with Crippen LogP contribution in [0.1, 0.15) is 16.8 Å². The van der Waals surface area contributed by atoms with Crippen LogP contribution in [0.4, 0.5) is 5.69 Å². The number of carbonyl (C=O) groups excluding carboxylic acids is 1. The number of hydrogen-bond donors (Lipinski definition) is 2. The number of nitrogen functional groups attached to an aromatic ring is 1. The van der Waals surface area contributed by atoms with Crippen molar-refractivity contribution < 1.29 is 4.79 Å². The van der Waals surface area contributed by atoms with E-state index in [0.717, 1.165) is 12.3 Å². The fourth-order valence-electron chi connectivity index (χ4n) is 1.75. The number of carbonyl (C=O) groups is 1. The second-order valence-corrected chi connectivity index (χ2v) is 5.73. The van der Waals surface area contributed by atoms with Crippen molar-refractivity contribution in [2.45, 2.75) is 6.42 Å². The highest BCUT2D eigenvalue weighted by Gasteiger charge is 2.16. The highest BCUT2D eigenvalue weighted by Crippen LogP contribution is 2.23. The van der Waals surface area contributed by atoms with Crippen LogP contribution in [0.3, 0.4) is 0 Å². The molecule has 0 aromatic heterocycles. The van der Waals surface area contributed by atoms with Crippen LogP contribution >= 0.6 is 23.4 Å². The zero-order valence-electron chi connectivity index (χ0n) is 9.41. The number of anilines is 1. The number of nitrogens with two attached hydrogens (primary N) is 1. The minimum Gasteiger partial charge on any atom is -0.398 e. The van der Waals surface area contributed by atoms with Gasteiger partial charge in [-0.1, -0.05) is 11.6 Å². The number of rotatable bonds is 3. The van der Waals surface area contributed by atoms with E-state index in [0.29, 0.717) is 22.2 Å². The Bertz CT molecular complexity index is 419. The maximum atomic E-state index is 11.8. The van der Waals surface area contributed by atoms with Gasteiger partial charge in [0, 0.05) is 12.1 Å². The molecule has 0 saturated carbocycles. The van der Waals surface area contributed by atoms with E-state index >= 15 is 0 Å². The zero-order valence-corrected chi connectivity index (χ0v) is 11.0. The standard InChI is InChI=1S/C12H15ClN2OS/c13-10-5-9(1-2-11(10)14)12(16)15-6-8-3-4-17-7-8/h1-2,5,8H,3-4,6-7,14H2,(H,15,16). The second kappa shape index (κ2) is 5.65. The molecule has 1 aromatic rings. The Morgan fingerprint density at radius 1 is 1.59 bits per heavy atom. The molecule has 0 aliphatic carbocycles. The number of nitrogens with one attached hydrogen (secondary N) is 1. The lowest BCUT2D eigenvalue weighted by atomic mass is 10.1. The minimum atomic E-state index is -0.0798. The molecule has 0 spiro atoms. The molecule has 3 nitrogen and oxygen atoms in total. The Morgan fingerprint density at radius 3 is 3.06 bits per heavy atom. The van der Waals surface area contributed by atoms with Crippen molar-refractivity contribution in [2.24, 2.45) is 5.92 Å². The first-order valence-corrected chi connectivity index (χ1v) is 7.11. The van der Waals surface area contributed by atoms with Crippen LogP contribution < -0.4 is 11.1 Å². The van der Waals surface area contributed by atoms with Gasteiger partial charge in [0.05, 0.1) is 10.7 Å². The summed E-state index contributed by atoms with van der Waals surface area (Å²) in [5, 5.41) is 3.36. The second-order valence-electron chi connectivity index (χ2n) is 4.18. The lowest BCUT2D eigenvalue weighted by molar-refractivity contribution is 0.0948. The van der Waals surface area contributed by atoms with E-state index < -0.39 is 0 Å². The average molecular weight is 271 g/mol. The molecule has 1 fully saturated rings. The molecule has 0 bridgehead atoms. The molecule has 2 rings (SSSR count). The Hall–Kier alpha value is -0.870. The molecule has 0 radical (unpaired) electrons. The Balaban J connectivity index is 1.92. The first kappa shape index (κ1) is 12.6. The topological polar surface area (TPSA) is 55.1 Å². The summed E-state index contributed by atoms with van der Waals surface area (Å²) in [6, 6.07) is 4.96. The summed E-state index contributed by atoms with van der Waals surface area (Å²) in [5.74, 6) is 2.87. The molecule has 1 heterocycles. The first-order chi connectivity index (χ1) is 8.16. The third-order valence-corrected chi connectivity index (χ3v) is 4.40. The van der Waals surface area contributed by atoms with Crippen molar-refractivity contribution in [1.29, 1.82) is 0 Å². The van der Waals surface area contributed by atoms with Crippen molar-refractivity contribution in [3.63, 3.8) is 0 Å². The van der Waals surface area contributed by atoms with Gasteiger partial charge in [-0.15, -0.1) is 0 Å². The predicted octanol–water partition coefficient (Wildman–Crippen LogP) is 2.41. The van der Waals surface area contributed by atoms with E-state index in [1.165, 1.54) is 12.2 Å². The quantitative estimate of drug-likeness (QED) is 0.830. The monoisotopic (exact) mass is 270 g/mol. The predicted molar refractivity (Wildman–Crippen MR) is 73.6 cm³/mol. The number of thioether (sulfide) groups is 1. The van der Waals surface area contributed by atoms with Crippen molar-refractivity contribution in [1.82, 2.24) is 5.32 Å². The highest BCUT2D eigenvalue weighted by atomic mass is 35.5. The number of hydrogen-bond acceptors (Lipinski definition) is 3. The Morgan fingerprint density at radius 2 is 2.41 bits per heavy atom. The molecular formula is C12H15ClN2OS. The highest BCUT2D eigenvalue weighted by molar-refractivity contribution is 7.99. The van der Waals surface area contributed by atoms with E-state index in [1.54, 1.807) is 18.2 Å². The van der Waals surface area contributed by atoms with Crippen LogP contribution in [0.25, 0.3) is 0 Å². The molecule has 3 N–H and O–H groups in total. The van der Waals surface area contributed by atoms with Crippen LogP contribution in [0.2, 0.25) is 5.02 Å². The Labute approximate surface area is 110 Å². The van der Waals surface area contributed by atoms with Crippen molar-refractivity contribution in [2.75, 3.05) is 23.8 Å². The third kappa shape index (κ3) is 3.30. The minimum absolute atomic E-state index is 0.0798. The van der Waals surface area contributed by atoms with Gasteiger partial charge in [-0.05, 0) is 42.0 Å². The SMILES string of the molecule is Nc1ccc(C(=O)NCC2CCSC2)cc1Cl. The van der Waals surface area contributed by atoms with Gasteiger partial charge in [0.2, 0.25) is 0 Å². The van der Waals surface area contributed by atoms with Crippen LogP contribution in [0, 0.1) is 5.92 Å². The molecule has 1 unspecified atom stereocenters. The summed E-state index contributed by atoms with van der Waals surface area (Å²) in [4.78, 5) is 11.8. The number of benzene rings is 1. The fourth-order valence-corrected chi connectivity index (χ4v) is 3.22. The van der Waals surface area contributed by atoms with E-state index in [-0.39, 0.29) is 5.91 Å². The largest absolute Gasteiger partial charge is 0.398 e. The zero-order chi connectivity index (χ0) is 12.3. The molecule has 5 heteroatoms. The molecule has 1 saturated heterocycles. The summed E-state index contributed by atoms with van der Waals surface area (Å²) in [5.41, 5.74) is 6.66. The van der Waals surface area contributed by atoms with Gasteiger partial charge in [-0.25, -0.2) is 0 Å². The lowest BCUT2D eigenvalue weighted by Crippen LogP contribution is -2.29. The lowest BCUT2D eigenvalue weighted by Gasteiger charge is -2.10. The van der Waals surface area contributed by atoms with Crippen LogP contribution in [0.5, 0.6) is 0 Å². The van der Waals surface area contributed by atoms with Crippen molar-refractivity contribution >= 4 is 35.0 Å². The summed E-state index contributed by atoms with van der Waals surface area (Å²) >= 11 is 7.82. The molecule has 1 amide bonds. The van der Waals surface area contributed by atoms with E-state index in [1.807, 2.05) is 11.8 Å². The summed E-state index contributed by atoms with van der Waals surface area (Å²) < 4.78 is 0. The molecule has 92 valence electrons. The van der Waals surface area contributed by atoms with Crippen molar-refractivity contribution in [3.8, 4) is 0 Å². The van der Waals surface area contributed by atoms with Gasteiger partial charge < -0.3 is 11.1 Å². The van der Waals surface area contributed by atoms with Crippen LogP contribution in [-0.2, 0) is 0 Å². The molecule has 17 heavy (non-hydrogen) atoms. The van der Waals surface area contributed by atoms with E-state index in [2.05, 4.69) is 5.32 Å². The van der Waals surface area contributed by atoms with E-state index in [4.69, 9.17) is 17.3 Å². The van der Waals surface area contributed by atoms with Gasteiger partial charge in [0.1, 0.15) is 0 Å². The summed E-state index contributed by atoms with van der Waals surface area (Å²) in [6.45, 7) is 0.744.